The molecule has 2 aromatic heterocycles. The molecule has 7 rings (SSSR count). The fraction of sp³-hybridized carbons (Fsp3) is 0.488. The molecule has 3 fully saturated rings. The van der Waals surface area contributed by atoms with E-state index in [-0.39, 0.29) is 61.1 Å². The average Bonchev–Trinajstić information content (AvgIpc) is 3.56. The lowest BCUT2D eigenvalue weighted by Gasteiger charge is -2.38. The molecule has 3 aliphatic rings. The molecule has 0 radical (unpaired) electrons. The van der Waals surface area contributed by atoms with Gasteiger partial charge in [0.05, 0.1) is 21.7 Å². The van der Waals surface area contributed by atoms with Gasteiger partial charge in [0, 0.05) is 63.5 Å². The summed E-state index contributed by atoms with van der Waals surface area (Å²) in [5.41, 5.74) is 5.87. The molecule has 5 heterocycles. The van der Waals surface area contributed by atoms with Crippen LogP contribution in [0.2, 0.25) is 0 Å². The van der Waals surface area contributed by atoms with E-state index in [2.05, 4.69) is 56.6 Å². The van der Waals surface area contributed by atoms with Crippen LogP contribution in [-0.2, 0) is 34.5 Å². The highest BCUT2D eigenvalue weighted by Gasteiger charge is 2.38. The monoisotopic (exact) mass is 932 g/mol. The van der Waals surface area contributed by atoms with Crippen molar-refractivity contribution in [3.63, 3.8) is 0 Å². The lowest BCUT2D eigenvalue weighted by atomic mass is 9.83. The topological polar surface area (TPSA) is 186 Å². The quantitative estimate of drug-likeness (QED) is 0.110. The van der Waals surface area contributed by atoms with Gasteiger partial charge in [-0.3, -0.25) is 19.7 Å². The molecular formula is C43H52F6N11O4S+. The number of anilines is 2. The number of hydrogen-bond acceptors (Lipinski definition) is 10. The number of urea groups is 1. The maximum atomic E-state index is 13.9. The minimum absolute atomic E-state index is 0.111. The smallest absolute Gasteiger partial charge is 0.404 e. The molecule has 0 atom stereocenters. The number of amides is 3. The van der Waals surface area contributed by atoms with E-state index in [1.54, 1.807) is 22.9 Å². The van der Waals surface area contributed by atoms with Crippen molar-refractivity contribution in [1.29, 1.82) is 0 Å². The standard InChI is InChI=1S/C43H51F6N11O4S/c1-41(2,26-58-14-9-28(10-15-58)29-7-8-33-35(20-29)57(3)56-38(33)60-18-13-36(61)54-40(60)62)21-27-5-4-6-32(19-27)65(63,64)59-16-11-31(12-17-59)53-39-52-24-34(43(47,48)49)37(55-39)30(22-50)23-51-25-42(44,45)46/h4-8,19-20,22-24,28,31H,9-18,21,25-26,50H2,1-3H3,(H,52,53,55)(H,54,61,62)/p+1/b30-22+,51-23?. The molecule has 0 spiro atoms. The Bertz CT molecular complexity index is 2580. The van der Waals surface area contributed by atoms with Crippen molar-refractivity contribution in [1.82, 2.24) is 34.3 Å². The number of nitrogens with one attached hydrogen (secondary N) is 3. The number of allylic oxidation sites excluding steroid dienone is 1. The molecular weight excluding hydrogens is 881 g/mol. The number of alkyl halides is 6. The molecule has 15 nitrogen and oxygen atoms in total. The maximum absolute atomic E-state index is 13.9. The maximum Gasteiger partial charge on any atom is 0.448 e. The van der Waals surface area contributed by atoms with Crippen molar-refractivity contribution in [2.24, 2.45) is 18.2 Å². The Kier molecular flexibility index (Phi) is 13.6. The number of fused-ring (bicyclic) bond motifs is 1. The molecule has 2 aromatic carbocycles. The third-order valence-electron chi connectivity index (χ3n) is 12.0. The van der Waals surface area contributed by atoms with Gasteiger partial charge in [-0.05, 0) is 91.9 Å². The van der Waals surface area contributed by atoms with E-state index >= 15 is 0 Å². The SMILES string of the molecule is Cn1nc(N2CCC(=O)NC2=O)c2ccc(C3CCN(CC(C)(C)Cc4cccc(S(=O)(=O)N5CCC(Nc6ncc(C(F)(F)F)c(/C(C=[NH+]CC(F)(F)F)=C/N)n6)CC5)c4)CC3)cc21. The number of halogens is 6. The second kappa shape index (κ2) is 18.7. The van der Waals surface area contributed by atoms with Gasteiger partial charge in [0.2, 0.25) is 28.4 Å². The largest absolute Gasteiger partial charge is 0.448 e. The summed E-state index contributed by atoms with van der Waals surface area (Å²) >= 11 is 0. The van der Waals surface area contributed by atoms with Crippen LogP contribution in [0.25, 0.3) is 16.5 Å². The van der Waals surface area contributed by atoms with Crippen molar-refractivity contribution < 1.29 is 49.3 Å². The van der Waals surface area contributed by atoms with Gasteiger partial charge in [-0.1, -0.05) is 32.0 Å². The van der Waals surface area contributed by atoms with Crippen LogP contribution in [0, 0.1) is 5.41 Å². The summed E-state index contributed by atoms with van der Waals surface area (Å²) in [6.07, 6.45) is -4.29. The van der Waals surface area contributed by atoms with E-state index in [1.807, 2.05) is 24.2 Å². The van der Waals surface area contributed by atoms with Gasteiger partial charge < -0.3 is 16.0 Å². The number of likely N-dealkylation sites (tertiary alicyclic amines) is 1. The Labute approximate surface area is 372 Å². The fourth-order valence-corrected chi connectivity index (χ4v) is 10.4. The van der Waals surface area contributed by atoms with Crippen molar-refractivity contribution in [2.45, 2.75) is 81.6 Å². The first kappa shape index (κ1) is 47.4. The van der Waals surface area contributed by atoms with Crippen molar-refractivity contribution in [2.75, 3.05) is 56.0 Å². The zero-order valence-electron chi connectivity index (χ0n) is 36.1. The van der Waals surface area contributed by atoms with E-state index in [0.717, 1.165) is 48.9 Å². The number of carbonyl (C=O) groups excluding carboxylic acids is 2. The summed E-state index contributed by atoms with van der Waals surface area (Å²) in [6.45, 7) is 5.93. The van der Waals surface area contributed by atoms with Gasteiger partial charge >= 0.3 is 18.4 Å². The lowest BCUT2D eigenvalue weighted by Crippen LogP contribution is -2.73. The number of piperidine rings is 2. The van der Waals surface area contributed by atoms with Crippen LogP contribution in [-0.4, -0.2) is 114 Å². The third-order valence-corrected chi connectivity index (χ3v) is 13.9. The van der Waals surface area contributed by atoms with Crippen LogP contribution < -0.4 is 26.3 Å². The molecule has 0 bridgehead atoms. The van der Waals surface area contributed by atoms with E-state index in [1.165, 1.54) is 14.8 Å². The first-order valence-electron chi connectivity index (χ1n) is 21.3. The van der Waals surface area contributed by atoms with Gasteiger partial charge in [0.25, 0.3) is 0 Å². The van der Waals surface area contributed by atoms with Gasteiger partial charge in [0.1, 0.15) is 5.56 Å². The van der Waals surface area contributed by atoms with Crippen molar-refractivity contribution in [3.05, 3.63) is 77.2 Å². The summed E-state index contributed by atoms with van der Waals surface area (Å²) in [6, 6.07) is 12.3. The second-order valence-corrected chi connectivity index (χ2v) is 19.5. The number of nitrogens with zero attached hydrogens (tertiary/aromatic N) is 7. The Morgan fingerprint density at radius 2 is 1.71 bits per heavy atom. The highest BCUT2D eigenvalue weighted by molar-refractivity contribution is 7.89. The third kappa shape index (κ3) is 11.3. The Hall–Kier alpha value is -5.61. The normalized spacial score (nSPS) is 18.5. The zero-order chi connectivity index (χ0) is 46.9. The molecule has 3 saturated heterocycles. The van der Waals surface area contributed by atoms with Crippen LogP contribution in [0.5, 0.6) is 0 Å². The van der Waals surface area contributed by atoms with Crippen molar-refractivity contribution in [3.8, 4) is 0 Å². The highest BCUT2D eigenvalue weighted by atomic mass is 32.2. The number of aromatic nitrogens is 4. The Morgan fingerprint density at radius 1 is 0.985 bits per heavy atom. The molecule has 0 aliphatic carbocycles. The number of rotatable bonds is 13. The average molecular weight is 933 g/mol. The number of imide groups is 1. The Morgan fingerprint density at radius 3 is 2.37 bits per heavy atom. The number of carbonyl (C=O) groups is 2. The number of benzene rings is 2. The van der Waals surface area contributed by atoms with Crippen LogP contribution in [0.15, 0.2) is 59.8 Å². The molecule has 22 heteroatoms. The summed E-state index contributed by atoms with van der Waals surface area (Å²) in [4.78, 5) is 38.0. The first-order valence-corrected chi connectivity index (χ1v) is 22.7. The van der Waals surface area contributed by atoms with Crippen LogP contribution >= 0.6 is 0 Å². The molecule has 0 unspecified atom stereocenters. The predicted octanol–water partition coefficient (Wildman–Crippen LogP) is 4.56. The number of nitrogens with two attached hydrogens (primary N) is 1. The Balaban J connectivity index is 0.926. The van der Waals surface area contributed by atoms with Crippen LogP contribution in [0.4, 0.5) is 42.9 Å². The number of aryl methyl sites for hydroxylation is 1. The summed E-state index contributed by atoms with van der Waals surface area (Å²) in [5, 5.41) is 10.8. The molecule has 4 aromatic rings. The van der Waals surface area contributed by atoms with E-state index in [9.17, 15) is 44.3 Å². The molecule has 5 N–H and O–H groups in total. The van der Waals surface area contributed by atoms with Gasteiger partial charge in [-0.15, -0.1) is 0 Å². The summed E-state index contributed by atoms with van der Waals surface area (Å²) < 4.78 is 110. The van der Waals surface area contributed by atoms with E-state index in [4.69, 9.17) is 5.73 Å². The fourth-order valence-electron chi connectivity index (χ4n) is 8.85. The van der Waals surface area contributed by atoms with E-state index in [0.29, 0.717) is 36.8 Å². The van der Waals surface area contributed by atoms with Gasteiger partial charge in [-0.2, -0.15) is 35.7 Å². The highest BCUT2D eigenvalue weighted by Crippen LogP contribution is 2.36. The summed E-state index contributed by atoms with van der Waals surface area (Å²) in [5.74, 6) is 0.357. The predicted molar refractivity (Wildman–Crippen MR) is 231 cm³/mol. The van der Waals surface area contributed by atoms with Gasteiger partial charge in [0.15, 0.2) is 12.0 Å². The first-order chi connectivity index (χ1) is 30.6. The molecule has 0 saturated carbocycles. The molecule has 65 heavy (non-hydrogen) atoms. The molecule has 3 amide bonds. The molecule has 3 aliphatic heterocycles. The number of sulfonamides is 1. The molecule has 350 valence electrons. The van der Waals surface area contributed by atoms with Crippen LogP contribution in [0.3, 0.4) is 0 Å². The lowest BCUT2D eigenvalue weighted by molar-refractivity contribution is -0.493. The van der Waals surface area contributed by atoms with Gasteiger partial charge in [-0.25, -0.2) is 28.2 Å². The summed E-state index contributed by atoms with van der Waals surface area (Å²) in [7, 11) is -2.05. The zero-order valence-corrected chi connectivity index (χ0v) is 37.0. The van der Waals surface area contributed by atoms with Crippen molar-refractivity contribution >= 4 is 56.4 Å². The minimum atomic E-state index is -4.93. The minimum Gasteiger partial charge on any atom is -0.404 e. The second-order valence-electron chi connectivity index (χ2n) is 17.6. The van der Waals surface area contributed by atoms with Crippen LogP contribution in [0.1, 0.15) is 74.3 Å². The number of hydrogen-bond donors (Lipinski definition) is 4. The van der Waals surface area contributed by atoms with E-state index < -0.39 is 57.8 Å².